The molecule has 2 N–H and O–H groups in total. The lowest BCUT2D eigenvalue weighted by Gasteiger charge is -2.20. The second kappa shape index (κ2) is 7.51. The summed E-state index contributed by atoms with van der Waals surface area (Å²) in [6, 6.07) is 5.13. The number of benzene rings is 1. The van der Waals surface area contributed by atoms with Gasteiger partial charge in [-0.15, -0.1) is 0 Å². The van der Waals surface area contributed by atoms with Crippen LogP contribution < -0.4 is 5.32 Å². The normalized spacial score (nSPS) is 13.3. The minimum atomic E-state index is -1.03. The molecule has 6 heteroatoms. The number of carboxylic acids is 1. The number of hydrogen-bond acceptors (Lipinski definition) is 3. The number of aromatic nitrogens is 2. The molecule has 134 valence electrons. The van der Waals surface area contributed by atoms with E-state index in [0.29, 0.717) is 17.7 Å². The topological polar surface area (TPSA) is 84.2 Å². The van der Waals surface area contributed by atoms with E-state index in [1.807, 2.05) is 52.8 Å². The Kier molecular flexibility index (Phi) is 5.62. The maximum Gasteiger partial charge on any atom is 0.326 e. The number of amides is 1. The number of carbonyl (C=O) groups is 2. The Bertz CT molecular complexity index is 795. The van der Waals surface area contributed by atoms with Crippen molar-refractivity contribution in [1.82, 2.24) is 15.1 Å². The van der Waals surface area contributed by atoms with E-state index in [9.17, 15) is 14.7 Å². The number of carboxylic acid groups (broad SMARTS) is 1. The third kappa shape index (κ3) is 3.90. The van der Waals surface area contributed by atoms with E-state index in [-0.39, 0.29) is 5.92 Å². The van der Waals surface area contributed by atoms with Crippen LogP contribution in [0.2, 0.25) is 0 Å². The fourth-order valence-corrected chi connectivity index (χ4v) is 2.73. The molecule has 6 nitrogen and oxygen atoms in total. The van der Waals surface area contributed by atoms with Crippen molar-refractivity contribution in [3.8, 4) is 5.69 Å². The summed E-state index contributed by atoms with van der Waals surface area (Å²) in [4.78, 5) is 24.0. The fraction of sp³-hybridized carbons (Fsp3) is 0.421. The summed E-state index contributed by atoms with van der Waals surface area (Å²) in [6.45, 7) is 9.50. The smallest absolute Gasteiger partial charge is 0.326 e. The lowest BCUT2D eigenvalue weighted by atomic mass is 9.99. The molecule has 2 aromatic rings. The van der Waals surface area contributed by atoms with Crippen LogP contribution in [-0.4, -0.2) is 32.8 Å². The van der Waals surface area contributed by atoms with Crippen LogP contribution in [0.1, 0.15) is 47.4 Å². The van der Waals surface area contributed by atoms with Crippen molar-refractivity contribution >= 4 is 11.9 Å². The van der Waals surface area contributed by atoms with Crippen LogP contribution in [0.5, 0.6) is 0 Å². The van der Waals surface area contributed by atoms with Gasteiger partial charge in [0, 0.05) is 0 Å². The summed E-state index contributed by atoms with van der Waals surface area (Å²) >= 11 is 0. The number of carbonyl (C=O) groups excluding carboxylic acids is 1. The zero-order valence-corrected chi connectivity index (χ0v) is 15.3. The van der Waals surface area contributed by atoms with E-state index < -0.39 is 17.9 Å². The highest BCUT2D eigenvalue weighted by molar-refractivity contribution is 5.97. The molecule has 0 saturated heterocycles. The van der Waals surface area contributed by atoms with Crippen molar-refractivity contribution in [3.05, 3.63) is 46.8 Å². The molecule has 1 amide bonds. The zero-order valence-electron chi connectivity index (χ0n) is 15.3. The molecule has 0 saturated carbocycles. The average Bonchev–Trinajstić information content (AvgIpc) is 2.95. The summed E-state index contributed by atoms with van der Waals surface area (Å²) in [7, 11) is 0. The highest BCUT2D eigenvalue weighted by atomic mass is 16.4. The van der Waals surface area contributed by atoms with E-state index in [1.165, 1.54) is 6.20 Å². The molecule has 25 heavy (non-hydrogen) atoms. The SMILES string of the molecule is CCC(C)C(NC(=O)c1cnn(-c2cc(C)ccc2C)c1C)C(=O)O. The third-order valence-electron chi connectivity index (χ3n) is 4.61. The summed E-state index contributed by atoms with van der Waals surface area (Å²) < 4.78 is 1.72. The predicted molar refractivity (Wildman–Crippen MR) is 96.1 cm³/mol. The van der Waals surface area contributed by atoms with Crippen molar-refractivity contribution in [2.45, 2.75) is 47.1 Å². The third-order valence-corrected chi connectivity index (χ3v) is 4.61. The molecule has 1 aromatic heterocycles. The molecule has 1 heterocycles. The second-order valence-corrected chi connectivity index (χ2v) is 6.52. The van der Waals surface area contributed by atoms with Gasteiger partial charge in [-0.3, -0.25) is 4.79 Å². The highest BCUT2D eigenvalue weighted by Crippen LogP contribution is 2.19. The first-order valence-electron chi connectivity index (χ1n) is 8.42. The average molecular weight is 343 g/mol. The van der Waals surface area contributed by atoms with Gasteiger partial charge < -0.3 is 10.4 Å². The number of nitrogens with one attached hydrogen (secondary N) is 1. The first kappa shape index (κ1) is 18.7. The monoisotopic (exact) mass is 343 g/mol. The molecular weight excluding hydrogens is 318 g/mol. The van der Waals surface area contributed by atoms with Crippen LogP contribution >= 0.6 is 0 Å². The lowest BCUT2D eigenvalue weighted by molar-refractivity contribution is -0.140. The van der Waals surface area contributed by atoms with E-state index in [4.69, 9.17) is 0 Å². The summed E-state index contributed by atoms with van der Waals surface area (Å²) in [5.41, 5.74) is 4.12. The van der Waals surface area contributed by atoms with Gasteiger partial charge in [-0.2, -0.15) is 5.10 Å². The molecular formula is C19H25N3O3. The van der Waals surface area contributed by atoms with Crippen LogP contribution in [0.3, 0.4) is 0 Å². The zero-order chi connectivity index (χ0) is 18.7. The molecule has 2 atom stereocenters. The first-order chi connectivity index (χ1) is 11.8. The molecule has 0 radical (unpaired) electrons. The Morgan fingerprint density at radius 3 is 2.56 bits per heavy atom. The van der Waals surface area contributed by atoms with Gasteiger partial charge in [0.25, 0.3) is 5.91 Å². The molecule has 0 fully saturated rings. The Morgan fingerprint density at radius 2 is 1.96 bits per heavy atom. The van der Waals surface area contributed by atoms with E-state index >= 15 is 0 Å². The molecule has 0 aliphatic rings. The van der Waals surface area contributed by atoms with E-state index in [2.05, 4.69) is 10.4 Å². The largest absolute Gasteiger partial charge is 0.480 e. The van der Waals surface area contributed by atoms with Crippen LogP contribution in [-0.2, 0) is 4.79 Å². The predicted octanol–water partition coefficient (Wildman–Crippen LogP) is 3.03. The summed E-state index contributed by atoms with van der Waals surface area (Å²) in [6.07, 6.45) is 2.15. The van der Waals surface area contributed by atoms with E-state index in [0.717, 1.165) is 16.8 Å². The summed E-state index contributed by atoms with van der Waals surface area (Å²) in [5.74, 6) is -1.60. The number of aryl methyl sites for hydroxylation is 2. The van der Waals surface area contributed by atoms with Crippen molar-refractivity contribution < 1.29 is 14.7 Å². The van der Waals surface area contributed by atoms with Crippen molar-refractivity contribution in [1.29, 1.82) is 0 Å². The van der Waals surface area contributed by atoms with Gasteiger partial charge >= 0.3 is 5.97 Å². The van der Waals surface area contributed by atoms with Crippen LogP contribution in [0, 0.1) is 26.7 Å². The Morgan fingerprint density at radius 1 is 1.28 bits per heavy atom. The first-order valence-corrected chi connectivity index (χ1v) is 8.42. The van der Waals surface area contributed by atoms with Crippen molar-refractivity contribution in [2.24, 2.45) is 5.92 Å². The van der Waals surface area contributed by atoms with Gasteiger partial charge in [0.2, 0.25) is 0 Å². The van der Waals surface area contributed by atoms with Gasteiger partial charge in [-0.05, 0) is 43.9 Å². The molecule has 0 aliphatic carbocycles. The van der Waals surface area contributed by atoms with Gasteiger partial charge in [0.1, 0.15) is 6.04 Å². The molecule has 2 unspecified atom stereocenters. The maximum absolute atomic E-state index is 12.6. The second-order valence-electron chi connectivity index (χ2n) is 6.52. The molecule has 2 rings (SSSR count). The molecule has 0 aliphatic heterocycles. The quantitative estimate of drug-likeness (QED) is 0.844. The number of aliphatic carboxylic acids is 1. The Balaban J connectivity index is 2.33. The summed E-state index contributed by atoms with van der Waals surface area (Å²) in [5, 5.41) is 16.3. The maximum atomic E-state index is 12.6. The standard InChI is InChI=1S/C19H25N3O3/c1-6-12(3)17(19(24)25)21-18(23)15-10-20-22(14(15)5)16-9-11(2)7-8-13(16)4/h7-10,12,17H,6H2,1-5H3,(H,21,23)(H,24,25). The Labute approximate surface area is 147 Å². The van der Waals surface area contributed by atoms with Gasteiger partial charge in [0.05, 0.1) is 23.1 Å². The van der Waals surface area contributed by atoms with Crippen LogP contribution in [0.4, 0.5) is 0 Å². The fourth-order valence-electron chi connectivity index (χ4n) is 2.73. The van der Waals surface area contributed by atoms with Crippen molar-refractivity contribution in [3.63, 3.8) is 0 Å². The van der Waals surface area contributed by atoms with Gasteiger partial charge in [-0.1, -0.05) is 32.4 Å². The highest BCUT2D eigenvalue weighted by Gasteiger charge is 2.27. The van der Waals surface area contributed by atoms with E-state index in [1.54, 1.807) is 4.68 Å². The minimum absolute atomic E-state index is 0.157. The van der Waals surface area contributed by atoms with Gasteiger partial charge in [0.15, 0.2) is 0 Å². The molecule has 0 spiro atoms. The minimum Gasteiger partial charge on any atom is -0.480 e. The van der Waals surface area contributed by atoms with Crippen molar-refractivity contribution in [2.75, 3.05) is 0 Å². The number of rotatable bonds is 6. The van der Waals surface area contributed by atoms with Gasteiger partial charge in [-0.25, -0.2) is 9.48 Å². The number of hydrogen-bond donors (Lipinski definition) is 2. The van der Waals surface area contributed by atoms with Crippen LogP contribution in [0.25, 0.3) is 5.69 Å². The molecule has 1 aromatic carbocycles. The molecule has 0 bridgehead atoms. The lowest BCUT2D eigenvalue weighted by Crippen LogP contribution is -2.45. The number of nitrogens with zero attached hydrogens (tertiary/aromatic N) is 2. The van der Waals surface area contributed by atoms with Crippen LogP contribution in [0.15, 0.2) is 24.4 Å². The Hall–Kier alpha value is -2.63.